The number of nitrogens with zero attached hydrogens (tertiary/aromatic N) is 3. The predicted molar refractivity (Wildman–Crippen MR) is 123 cm³/mol. The smallest absolute Gasteiger partial charge is 0.338 e. The molecule has 3 rings (SSSR count). The summed E-state index contributed by atoms with van der Waals surface area (Å²) in [5.41, 5.74) is 1.07. The molecule has 0 spiro atoms. The fourth-order valence-electron chi connectivity index (χ4n) is 3.28. The summed E-state index contributed by atoms with van der Waals surface area (Å²) < 4.78 is 37.4. The van der Waals surface area contributed by atoms with Gasteiger partial charge in [0.1, 0.15) is 11.5 Å². The SMILES string of the molecule is C=CCn1c(=NC(=O)CS(=O)(=O)CC(=O)N2CCOCC2)sc2cc(C(=O)OCC)ccc21. The second-order valence-corrected chi connectivity index (χ2v) is 10.3. The van der Waals surface area contributed by atoms with Crippen LogP contribution in [-0.4, -0.2) is 80.1 Å². The summed E-state index contributed by atoms with van der Waals surface area (Å²) in [5, 5.41) is 0. The molecule has 33 heavy (non-hydrogen) atoms. The average Bonchev–Trinajstić information content (AvgIpc) is 3.10. The van der Waals surface area contributed by atoms with E-state index >= 15 is 0 Å². The van der Waals surface area contributed by atoms with Crippen molar-refractivity contribution in [3.8, 4) is 0 Å². The van der Waals surface area contributed by atoms with E-state index in [1.165, 1.54) is 4.90 Å². The topological polar surface area (TPSA) is 124 Å². The second kappa shape index (κ2) is 10.9. The highest BCUT2D eigenvalue weighted by Crippen LogP contribution is 2.20. The standard InChI is InChI=1S/C21H25N3O7S2/c1-3-7-24-16-6-5-15(20(27)31-4-2)12-17(16)32-21(24)22-18(25)13-33(28,29)14-19(26)23-8-10-30-11-9-23/h3,5-6,12H,1,4,7-11,13-14H2,2H3. The van der Waals surface area contributed by atoms with Gasteiger partial charge in [0.05, 0.1) is 35.6 Å². The van der Waals surface area contributed by atoms with Crippen LogP contribution in [0.2, 0.25) is 0 Å². The molecule has 0 N–H and O–H groups in total. The molecule has 12 heteroatoms. The number of thiazole rings is 1. The maximum atomic E-state index is 12.5. The zero-order valence-corrected chi connectivity index (χ0v) is 19.8. The summed E-state index contributed by atoms with van der Waals surface area (Å²) in [4.78, 5) is 42.4. The van der Waals surface area contributed by atoms with Crippen molar-refractivity contribution in [2.24, 2.45) is 4.99 Å². The summed E-state index contributed by atoms with van der Waals surface area (Å²) in [6, 6.07) is 4.96. The minimum atomic E-state index is -3.99. The molecule has 0 saturated carbocycles. The number of sulfone groups is 1. The Morgan fingerprint density at radius 2 is 1.97 bits per heavy atom. The monoisotopic (exact) mass is 495 g/mol. The molecule has 0 atom stereocenters. The Bertz CT molecular complexity index is 1240. The minimum absolute atomic E-state index is 0.245. The van der Waals surface area contributed by atoms with Gasteiger partial charge in [0.2, 0.25) is 5.91 Å². The molecule has 1 fully saturated rings. The first kappa shape index (κ1) is 24.8. The number of hydrogen-bond donors (Lipinski definition) is 0. The third-order valence-corrected chi connectivity index (χ3v) is 7.19. The van der Waals surface area contributed by atoms with Crippen molar-refractivity contribution < 1.29 is 32.3 Å². The Labute approximate surface area is 195 Å². The van der Waals surface area contributed by atoms with Gasteiger partial charge in [-0.2, -0.15) is 4.99 Å². The first-order chi connectivity index (χ1) is 15.7. The summed E-state index contributed by atoms with van der Waals surface area (Å²) in [5.74, 6) is -3.52. The van der Waals surface area contributed by atoms with E-state index < -0.39 is 39.1 Å². The van der Waals surface area contributed by atoms with E-state index in [4.69, 9.17) is 9.47 Å². The number of hydrogen-bond acceptors (Lipinski definition) is 8. The lowest BCUT2D eigenvalue weighted by Crippen LogP contribution is -2.43. The van der Waals surface area contributed by atoms with Crippen LogP contribution in [0.4, 0.5) is 0 Å². The molecule has 1 aliphatic rings. The summed E-state index contributed by atoms with van der Waals surface area (Å²) in [6.45, 7) is 7.35. The maximum Gasteiger partial charge on any atom is 0.338 e. The highest BCUT2D eigenvalue weighted by atomic mass is 32.2. The number of aromatic nitrogens is 1. The van der Waals surface area contributed by atoms with Gasteiger partial charge in [-0.05, 0) is 25.1 Å². The van der Waals surface area contributed by atoms with Gasteiger partial charge in [-0.15, -0.1) is 6.58 Å². The molecule has 2 amide bonds. The van der Waals surface area contributed by atoms with Crippen LogP contribution < -0.4 is 4.80 Å². The number of ether oxygens (including phenoxy) is 2. The Morgan fingerprint density at radius 1 is 1.24 bits per heavy atom. The Hall–Kier alpha value is -2.83. The second-order valence-electron chi connectivity index (χ2n) is 7.22. The van der Waals surface area contributed by atoms with Crippen molar-refractivity contribution in [3.05, 3.63) is 41.2 Å². The Balaban J connectivity index is 1.83. The summed E-state index contributed by atoms with van der Waals surface area (Å²) >= 11 is 1.14. The Kier molecular flexibility index (Phi) is 8.16. The molecular weight excluding hydrogens is 470 g/mol. The van der Waals surface area contributed by atoms with E-state index in [9.17, 15) is 22.8 Å². The van der Waals surface area contributed by atoms with Gasteiger partial charge in [0.15, 0.2) is 14.6 Å². The van der Waals surface area contributed by atoms with Gasteiger partial charge in [-0.25, -0.2) is 13.2 Å². The molecule has 1 saturated heterocycles. The molecule has 10 nitrogen and oxygen atoms in total. The maximum absolute atomic E-state index is 12.5. The first-order valence-corrected chi connectivity index (χ1v) is 12.9. The molecule has 1 aromatic heterocycles. The van der Waals surface area contributed by atoms with Crippen LogP contribution in [0.1, 0.15) is 17.3 Å². The molecule has 1 aliphatic heterocycles. The van der Waals surface area contributed by atoms with Gasteiger partial charge in [-0.1, -0.05) is 17.4 Å². The predicted octanol–water partition coefficient (Wildman–Crippen LogP) is 0.766. The van der Waals surface area contributed by atoms with Crippen molar-refractivity contribution in [3.63, 3.8) is 0 Å². The normalized spacial score (nSPS) is 14.9. The zero-order valence-electron chi connectivity index (χ0n) is 18.2. The van der Waals surface area contributed by atoms with Crippen LogP contribution in [0.3, 0.4) is 0 Å². The molecule has 0 radical (unpaired) electrons. The van der Waals surface area contributed by atoms with Crippen molar-refractivity contribution in [2.45, 2.75) is 13.5 Å². The highest BCUT2D eigenvalue weighted by Gasteiger charge is 2.25. The van der Waals surface area contributed by atoms with E-state index in [0.29, 0.717) is 48.6 Å². The molecular formula is C21H25N3O7S2. The van der Waals surface area contributed by atoms with E-state index in [1.54, 1.807) is 35.8 Å². The third-order valence-electron chi connectivity index (χ3n) is 4.78. The molecule has 0 unspecified atom stereocenters. The number of carbonyl (C=O) groups excluding carboxylic acids is 3. The van der Waals surface area contributed by atoms with Gasteiger partial charge in [-0.3, -0.25) is 9.59 Å². The number of fused-ring (bicyclic) bond motifs is 1. The van der Waals surface area contributed by atoms with Crippen LogP contribution in [0, 0.1) is 0 Å². The molecule has 1 aromatic carbocycles. The lowest BCUT2D eigenvalue weighted by Gasteiger charge is -2.26. The van der Waals surface area contributed by atoms with E-state index in [2.05, 4.69) is 11.6 Å². The largest absolute Gasteiger partial charge is 0.462 e. The average molecular weight is 496 g/mol. The van der Waals surface area contributed by atoms with Crippen LogP contribution in [0.5, 0.6) is 0 Å². The summed E-state index contributed by atoms with van der Waals surface area (Å²) in [7, 11) is -3.99. The lowest BCUT2D eigenvalue weighted by atomic mass is 10.2. The van der Waals surface area contributed by atoms with Gasteiger partial charge in [0, 0.05) is 19.6 Å². The molecule has 2 heterocycles. The fourth-order valence-corrected chi connectivity index (χ4v) is 5.47. The number of carbonyl (C=O) groups is 3. The quantitative estimate of drug-likeness (QED) is 0.391. The molecule has 0 aliphatic carbocycles. The van der Waals surface area contributed by atoms with Crippen LogP contribution >= 0.6 is 11.3 Å². The first-order valence-electron chi connectivity index (χ1n) is 10.3. The third kappa shape index (κ3) is 6.36. The number of morpholine rings is 1. The highest BCUT2D eigenvalue weighted by molar-refractivity contribution is 7.92. The Morgan fingerprint density at radius 3 is 2.64 bits per heavy atom. The van der Waals surface area contributed by atoms with E-state index in [1.807, 2.05) is 0 Å². The van der Waals surface area contributed by atoms with Crippen molar-refractivity contribution in [1.82, 2.24) is 9.47 Å². The van der Waals surface area contributed by atoms with Gasteiger partial charge < -0.3 is 18.9 Å². The van der Waals surface area contributed by atoms with E-state index in [-0.39, 0.29) is 11.4 Å². The molecule has 178 valence electrons. The summed E-state index contributed by atoms with van der Waals surface area (Å²) in [6.07, 6.45) is 1.62. The van der Waals surface area contributed by atoms with Crippen LogP contribution in [0.25, 0.3) is 10.2 Å². The van der Waals surface area contributed by atoms with Gasteiger partial charge >= 0.3 is 5.97 Å². The molecule has 0 bridgehead atoms. The van der Waals surface area contributed by atoms with Crippen LogP contribution in [0.15, 0.2) is 35.8 Å². The van der Waals surface area contributed by atoms with E-state index in [0.717, 1.165) is 11.3 Å². The zero-order chi connectivity index (χ0) is 24.0. The number of esters is 1. The van der Waals surface area contributed by atoms with Crippen molar-refractivity contribution in [1.29, 1.82) is 0 Å². The lowest BCUT2D eigenvalue weighted by molar-refractivity contribution is -0.132. The number of allylic oxidation sites excluding steroid dienone is 1. The van der Waals surface area contributed by atoms with Gasteiger partial charge in [0.25, 0.3) is 5.91 Å². The number of amides is 2. The number of rotatable bonds is 8. The fraction of sp³-hybridized carbons (Fsp3) is 0.429. The minimum Gasteiger partial charge on any atom is -0.462 e. The molecule has 2 aromatic rings. The number of benzene rings is 1. The van der Waals surface area contributed by atoms with Crippen LogP contribution in [-0.2, 0) is 35.4 Å². The van der Waals surface area contributed by atoms with Crippen molar-refractivity contribution >= 4 is 49.2 Å². The van der Waals surface area contributed by atoms with Crippen molar-refractivity contribution in [2.75, 3.05) is 44.4 Å².